The Morgan fingerprint density at radius 2 is 2.18 bits per heavy atom. The van der Waals surface area contributed by atoms with Gasteiger partial charge in [0.15, 0.2) is 0 Å². The first kappa shape index (κ1) is 12.0. The van der Waals surface area contributed by atoms with Crippen molar-refractivity contribution in [2.75, 3.05) is 5.32 Å². The highest BCUT2D eigenvalue weighted by Gasteiger charge is 2.08. The standard InChI is InChI=1S/C13H15FN2S/c1-3-10-7-8-11(17-10)9(2)15-13-6-4-5-12(14)16-13/h4-9H,3H2,1-2H3,(H,15,16). The molecule has 0 aliphatic heterocycles. The van der Waals surface area contributed by atoms with Crippen LogP contribution in [0.25, 0.3) is 0 Å². The second kappa shape index (κ2) is 5.27. The first-order valence-corrected chi connectivity index (χ1v) is 6.48. The molecule has 0 amide bonds. The fraction of sp³-hybridized carbons (Fsp3) is 0.308. The van der Waals surface area contributed by atoms with Gasteiger partial charge in [-0.05, 0) is 37.6 Å². The third kappa shape index (κ3) is 3.03. The van der Waals surface area contributed by atoms with Crippen LogP contribution in [0.5, 0.6) is 0 Å². The number of rotatable bonds is 4. The number of nitrogens with one attached hydrogen (secondary N) is 1. The van der Waals surface area contributed by atoms with Crippen molar-refractivity contribution in [2.45, 2.75) is 26.3 Å². The lowest BCUT2D eigenvalue weighted by molar-refractivity contribution is 0.584. The van der Waals surface area contributed by atoms with Crippen molar-refractivity contribution in [2.24, 2.45) is 0 Å². The Kier molecular flexibility index (Phi) is 3.74. The van der Waals surface area contributed by atoms with Crippen molar-refractivity contribution in [1.82, 2.24) is 4.98 Å². The van der Waals surface area contributed by atoms with Gasteiger partial charge in [0.2, 0.25) is 5.95 Å². The number of anilines is 1. The van der Waals surface area contributed by atoms with Crippen molar-refractivity contribution >= 4 is 17.2 Å². The molecule has 2 aromatic rings. The summed E-state index contributed by atoms with van der Waals surface area (Å²) in [4.78, 5) is 6.40. The molecule has 1 atom stereocenters. The van der Waals surface area contributed by atoms with Crippen LogP contribution in [0.3, 0.4) is 0 Å². The molecule has 0 radical (unpaired) electrons. The minimum Gasteiger partial charge on any atom is -0.363 e. The first-order chi connectivity index (χ1) is 8.19. The number of hydrogen-bond acceptors (Lipinski definition) is 3. The van der Waals surface area contributed by atoms with Gasteiger partial charge in [-0.25, -0.2) is 4.98 Å². The lowest BCUT2D eigenvalue weighted by atomic mass is 10.2. The largest absolute Gasteiger partial charge is 0.363 e. The van der Waals surface area contributed by atoms with Gasteiger partial charge in [-0.2, -0.15) is 4.39 Å². The molecule has 1 N–H and O–H groups in total. The summed E-state index contributed by atoms with van der Waals surface area (Å²) in [5.41, 5.74) is 0. The van der Waals surface area contributed by atoms with E-state index < -0.39 is 5.95 Å². The molecular formula is C13H15FN2S. The zero-order chi connectivity index (χ0) is 12.3. The summed E-state index contributed by atoms with van der Waals surface area (Å²) in [5, 5.41) is 3.20. The van der Waals surface area contributed by atoms with Crippen LogP contribution >= 0.6 is 11.3 Å². The summed E-state index contributed by atoms with van der Waals surface area (Å²) in [5.74, 6) is 0.117. The van der Waals surface area contributed by atoms with E-state index in [-0.39, 0.29) is 6.04 Å². The Labute approximate surface area is 105 Å². The van der Waals surface area contributed by atoms with Crippen LogP contribution in [0.1, 0.15) is 29.6 Å². The van der Waals surface area contributed by atoms with E-state index in [9.17, 15) is 4.39 Å². The van der Waals surface area contributed by atoms with Crippen LogP contribution in [0.15, 0.2) is 30.3 Å². The second-order valence-corrected chi connectivity index (χ2v) is 5.07. The first-order valence-electron chi connectivity index (χ1n) is 5.66. The number of halogens is 1. The zero-order valence-corrected chi connectivity index (χ0v) is 10.7. The Morgan fingerprint density at radius 3 is 2.82 bits per heavy atom. The van der Waals surface area contributed by atoms with Gasteiger partial charge in [0.25, 0.3) is 0 Å². The number of aromatic nitrogens is 1. The number of thiophene rings is 1. The van der Waals surface area contributed by atoms with E-state index in [1.54, 1.807) is 23.5 Å². The van der Waals surface area contributed by atoms with Crippen molar-refractivity contribution in [1.29, 1.82) is 0 Å². The predicted octanol–water partition coefficient (Wildman–Crippen LogP) is 4.02. The number of nitrogens with zero attached hydrogens (tertiary/aromatic N) is 1. The molecule has 17 heavy (non-hydrogen) atoms. The van der Waals surface area contributed by atoms with E-state index >= 15 is 0 Å². The Morgan fingerprint density at radius 1 is 1.35 bits per heavy atom. The predicted molar refractivity (Wildman–Crippen MR) is 69.9 cm³/mol. The summed E-state index contributed by atoms with van der Waals surface area (Å²) in [7, 11) is 0. The quantitative estimate of drug-likeness (QED) is 0.829. The zero-order valence-electron chi connectivity index (χ0n) is 9.90. The van der Waals surface area contributed by atoms with Gasteiger partial charge in [-0.15, -0.1) is 11.3 Å². The molecule has 0 aromatic carbocycles. The van der Waals surface area contributed by atoms with Crippen molar-refractivity contribution in [3.63, 3.8) is 0 Å². The van der Waals surface area contributed by atoms with Crippen molar-refractivity contribution in [3.8, 4) is 0 Å². The normalized spacial score (nSPS) is 12.4. The third-order valence-corrected chi connectivity index (χ3v) is 3.95. The summed E-state index contributed by atoms with van der Waals surface area (Å²) < 4.78 is 12.9. The van der Waals surface area contributed by atoms with E-state index in [1.165, 1.54) is 15.8 Å². The fourth-order valence-electron chi connectivity index (χ4n) is 1.60. The van der Waals surface area contributed by atoms with Gasteiger partial charge in [0.1, 0.15) is 5.82 Å². The minimum absolute atomic E-state index is 0.148. The molecule has 0 bridgehead atoms. The second-order valence-electron chi connectivity index (χ2n) is 3.87. The minimum atomic E-state index is -0.456. The number of aryl methyl sites for hydroxylation is 1. The SMILES string of the molecule is CCc1ccc(C(C)Nc2cccc(F)n2)s1. The van der Waals surface area contributed by atoms with Gasteiger partial charge in [0.05, 0.1) is 6.04 Å². The summed E-state index contributed by atoms with van der Waals surface area (Å²) in [6, 6.07) is 9.17. The van der Waals surface area contributed by atoms with E-state index in [4.69, 9.17) is 0 Å². The van der Waals surface area contributed by atoms with Crippen LogP contribution in [-0.4, -0.2) is 4.98 Å². The highest BCUT2D eigenvalue weighted by atomic mass is 32.1. The number of pyridine rings is 1. The monoisotopic (exact) mass is 250 g/mol. The molecule has 0 aliphatic carbocycles. The molecule has 1 unspecified atom stereocenters. The highest BCUT2D eigenvalue weighted by molar-refractivity contribution is 7.12. The van der Waals surface area contributed by atoms with Gasteiger partial charge >= 0.3 is 0 Å². The maximum atomic E-state index is 12.9. The maximum absolute atomic E-state index is 12.9. The van der Waals surface area contributed by atoms with E-state index in [1.807, 2.05) is 0 Å². The van der Waals surface area contributed by atoms with Crippen LogP contribution < -0.4 is 5.32 Å². The molecule has 2 nitrogen and oxygen atoms in total. The molecule has 2 aromatic heterocycles. The number of hydrogen-bond donors (Lipinski definition) is 1. The molecular weight excluding hydrogens is 235 g/mol. The molecule has 4 heteroatoms. The summed E-state index contributed by atoms with van der Waals surface area (Å²) in [6.07, 6.45) is 1.05. The fourth-order valence-corrected chi connectivity index (χ4v) is 2.55. The lowest BCUT2D eigenvalue weighted by Crippen LogP contribution is -2.06. The topological polar surface area (TPSA) is 24.9 Å². The van der Waals surface area contributed by atoms with E-state index in [0.717, 1.165) is 6.42 Å². The van der Waals surface area contributed by atoms with Crippen molar-refractivity contribution < 1.29 is 4.39 Å². The van der Waals surface area contributed by atoms with Gasteiger partial charge < -0.3 is 5.32 Å². The molecule has 2 heterocycles. The molecule has 2 rings (SSSR count). The smallest absolute Gasteiger partial charge is 0.214 e. The Bertz CT molecular complexity index is 496. The van der Waals surface area contributed by atoms with E-state index in [2.05, 4.69) is 36.3 Å². The van der Waals surface area contributed by atoms with Crippen LogP contribution in [0, 0.1) is 5.95 Å². The molecule has 0 saturated heterocycles. The van der Waals surface area contributed by atoms with Gasteiger partial charge in [-0.1, -0.05) is 13.0 Å². The Balaban J connectivity index is 2.08. The van der Waals surface area contributed by atoms with Gasteiger partial charge in [-0.3, -0.25) is 0 Å². The Hall–Kier alpha value is -1.42. The average molecular weight is 250 g/mol. The maximum Gasteiger partial charge on any atom is 0.214 e. The van der Waals surface area contributed by atoms with E-state index in [0.29, 0.717) is 5.82 Å². The molecule has 90 valence electrons. The summed E-state index contributed by atoms with van der Waals surface area (Å²) in [6.45, 7) is 4.19. The molecule has 0 saturated carbocycles. The van der Waals surface area contributed by atoms with Crippen LogP contribution in [0.2, 0.25) is 0 Å². The molecule has 0 fully saturated rings. The van der Waals surface area contributed by atoms with Gasteiger partial charge in [0, 0.05) is 9.75 Å². The van der Waals surface area contributed by atoms with Crippen LogP contribution in [0.4, 0.5) is 10.2 Å². The third-order valence-electron chi connectivity index (χ3n) is 2.54. The summed E-state index contributed by atoms with van der Waals surface area (Å²) >= 11 is 1.78. The molecule has 0 spiro atoms. The molecule has 0 aliphatic rings. The van der Waals surface area contributed by atoms with Crippen LogP contribution in [-0.2, 0) is 6.42 Å². The lowest BCUT2D eigenvalue weighted by Gasteiger charge is -2.12. The van der Waals surface area contributed by atoms with Crippen molar-refractivity contribution in [3.05, 3.63) is 46.0 Å². The highest BCUT2D eigenvalue weighted by Crippen LogP contribution is 2.25. The average Bonchev–Trinajstić information content (AvgIpc) is 2.77.